The van der Waals surface area contributed by atoms with Crippen molar-refractivity contribution in [3.05, 3.63) is 28.8 Å². The van der Waals surface area contributed by atoms with Gasteiger partial charge in [-0.3, -0.25) is 0 Å². The van der Waals surface area contributed by atoms with E-state index in [2.05, 4.69) is 39.8 Å². The summed E-state index contributed by atoms with van der Waals surface area (Å²) in [5.74, 6) is 1.04. The average Bonchev–Trinajstić information content (AvgIpc) is 2.19. The zero-order valence-electron chi connectivity index (χ0n) is 12.6. The van der Waals surface area contributed by atoms with Gasteiger partial charge in [0.15, 0.2) is 0 Å². The fraction of sp³-hybridized carbons (Fsp3) is 0.625. The Hall–Kier alpha value is -1.02. The Balaban J connectivity index is 3.28. The Morgan fingerprint density at radius 3 is 2.33 bits per heavy atom. The largest absolute Gasteiger partial charge is 0.493 e. The third kappa shape index (κ3) is 3.74. The molecule has 0 spiro atoms. The van der Waals surface area contributed by atoms with Gasteiger partial charge in [0.2, 0.25) is 0 Å². The van der Waals surface area contributed by atoms with E-state index in [1.165, 1.54) is 16.7 Å². The second kappa shape index (κ2) is 5.75. The van der Waals surface area contributed by atoms with E-state index in [1.807, 2.05) is 13.8 Å². The first kappa shape index (κ1) is 15.0. The van der Waals surface area contributed by atoms with Crippen LogP contribution in [0.15, 0.2) is 12.1 Å². The van der Waals surface area contributed by atoms with Gasteiger partial charge in [-0.15, -0.1) is 0 Å². The van der Waals surface area contributed by atoms with E-state index in [0.29, 0.717) is 6.61 Å². The molecule has 2 heteroatoms. The van der Waals surface area contributed by atoms with Gasteiger partial charge in [0.25, 0.3) is 0 Å². The van der Waals surface area contributed by atoms with E-state index < -0.39 is 0 Å². The summed E-state index contributed by atoms with van der Waals surface area (Å²) in [7, 11) is 0. The Kier molecular flexibility index (Phi) is 4.80. The molecule has 0 aromatic heterocycles. The second-order valence-corrected chi connectivity index (χ2v) is 6.15. The number of ether oxygens (including phenoxy) is 1. The van der Waals surface area contributed by atoms with Gasteiger partial charge in [-0.1, -0.05) is 32.9 Å². The molecule has 102 valence electrons. The van der Waals surface area contributed by atoms with E-state index in [1.54, 1.807) is 0 Å². The minimum atomic E-state index is 0.0864. The van der Waals surface area contributed by atoms with Crippen LogP contribution in [0.2, 0.25) is 0 Å². The number of hydrogen-bond donors (Lipinski definition) is 1. The summed E-state index contributed by atoms with van der Waals surface area (Å²) < 4.78 is 5.82. The van der Waals surface area contributed by atoms with E-state index in [0.717, 1.165) is 12.2 Å². The molecule has 0 amide bonds. The summed E-state index contributed by atoms with van der Waals surface area (Å²) in [5.41, 5.74) is 9.77. The lowest BCUT2D eigenvalue weighted by molar-refractivity contribution is 0.327. The predicted octanol–water partition coefficient (Wildman–Crippen LogP) is 3.58. The Morgan fingerprint density at radius 2 is 1.89 bits per heavy atom. The van der Waals surface area contributed by atoms with Gasteiger partial charge in [-0.2, -0.15) is 0 Å². The predicted molar refractivity (Wildman–Crippen MR) is 78.4 cm³/mol. The van der Waals surface area contributed by atoms with Crippen molar-refractivity contribution in [3.8, 4) is 5.75 Å². The fourth-order valence-corrected chi connectivity index (χ4v) is 2.23. The lowest BCUT2D eigenvalue weighted by Gasteiger charge is -2.25. The number of nitrogens with two attached hydrogens (primary N) is 1. The van der Waals surface area contributed by atoms with E-state index in [9.17, 15) is 0 Å². The van der Waals surface area contributed by atoms with Crippen LogP contribution < -0.4 is 10.5 Å². The quantitative estimate of drug-likeness (QED) is 0.885. The van der Waals surface area contributed by atoms with Crippen molar-refractivity contribution in [2.45, 2.75) is 59.4 Å². The molecule has 0 fully saturated rings. The molecule has 0 aliphatic heterocycles. The molecule has 1 rings (SSSR count). The SMILES string of the molecule is CCOc1c(C)cc(CC(C)N)cc1C(C)(C)C. The number of benzene rings is 1. The first-order valence-corrected chi connectivity index (χ1v) is 6.78. The van der Waals surface area contributed by atoms with Gasteiger partial charge in [-0.05, 0) is 43.7 Å². The smallest absolute Gasteiger partial charge is 0.125 e. The minimum absolute atomic E-state index is 0.0864. The van der Waals surface area contributed by atoms with Crippen LogP contribution in [0.3, 0.4) is 0 Å². The normalized spacial score (nSPS) is 13.5. The molecular formula is C16H27NO. The molecule has 1 atom stereocenters. The highest BCUT2D eigenvalue weighted by molar-refractivity contribution is 5.47. The molecular weight excluding hydrogens is 222 g/mol. The monoisotopic (exact) mass is 249 g/mol. The molecule has 2 N–H and O–H groups in total. The maximum Gasteiger partial charge on any atom is 0.125 e. The van der Waals surface area contributed by atoms with Crippen LogP contribution in [0, 0.1) is 6.92 Å². The van der Waals surface area contributed by atoms with Crippen molar-refractivity contribution in [2.24, 2.45) is 5.73 Å². The van der Waals surface area contributed by atoms with Gasteiger partial charge >= 0.3 is 0 Å². The maximum absolute atomic E-state index is 5.90. The summed E-state index contributed by atoms with van der Waals surface area (Å²) in [4.78, 5) is 0. The molecule has 0 aliphatic carbocycles. The molecule has 0 aliphatic rings. The zero-order valence-corrected chi connectivity index (χ0v) is 12.6. The van der Waals surface area contributed by atoms with Crippen molar-refractivity contribution >= 4 is 0 Å². The van der Waals surface area contributed by atoms with Crippen LogP contribution >= 0.6 is 0 Å². The molecule has 0 heterocycles. The standard InChI is InChI=1S/C16H27NO/c1-7-18-15-11(2)8-13(9-12(3)17)10-14(15)16(4,5)6/h8,10,12H,7,9,17H2,1-6H3. The Bertz CT molecular complexity index is 402. The second-order valence-electron chi connectivity index (χ2n) is 6.15. The van der Waals surface area contributed by atoms with Crippen molar-refractivity contribution in [2.75, 3.05) is 6.61 Å². The minimum Gasteiger partial charge on any atom is -0.493 e. The zero-order chi connectivity index (χ0) is 13.9. The first-order chi connectivity index (χ1) is 8.25. The highest BCUT2D eigenvalue weighted by atomic mass is 16.5. The van der Waals surface area contributed by atoms with Gasteiger partial charge < -0.3 is 10.5 Å². The van der Waals surface area contributed by atoms with E-state index in [4.69, 9.17) is 10.5 Å². The summed E-state index contributed by atoms with van der Waals surface area (Å²) in [6, 6.07) is 4.64. The third-order valence-corrected chi connectivity index (χ3v) is 2.99. The average molecular weight is 249 g/mol. The third-order valence-electron chi connectivity index (χ3n) is 2.99. The molecule has 1 aromatic rings. The van der Waals surface area contributed by atoms with Gasteiger partial charge in [0.1, 0.15) is 5.75 Å². The topological polar surface area (TPSA) is 35.2 Å². The van der Waals surface area contributed by atoms with Gasteiger partial charge in [0, 0.05) is 11.6 Å². The van der Waals surface area contributed by atoms with Crippen molar-refractivity contribution in [1.29, 1.82) is 0 Å². The number of aryl methyl sites for hydroxylation is 1. The molecule has 0 bridgehead atoms. The van der Waals surface area contributed by atoms with E-state index in [-0.39, 0.29) is 11.5 Å². The van der Waals surface area contributed by atoms with Crippen LogP contribution in [-0.2, 0) is 11.8 Å². The first-order valence-electron chi connectivity index (χ1n) is 6.78. The van der Waals surface area contributed by atoms with Crippen LogP contribution in [-0.4, -0.2) is 12.6 Å². The lowest BCUT2D eigenvalue weighted by atomic mass is 9.83. The van der Waals surface area contributed by atoms with Gasteiger partial charge in [0.05, 0.1) is 6.61 Å². The number of rotatable bonds is 4. The molecule has 0 saturated carbocycles. The fourth-order valence-electron chi connectivity index (χ4n) is 2.23. The van der Waals surface area contributed by atoms with Gasteiger partial charge in [-0.25, -0.2) is 0 Å². The summed E-state index contributed by atoms with van der Waals surface area (Å²) in [6.45, 7) is 13.6. The van der Waals surface area contributed by atoms with Crippen LogP contribution in [0.4, 0.5) is 0 Å². The lowest BCUT2D eigenvalue weighted by Crippen LogP contribution is -2.20. The van der Waals surface area contributed by atoms with E-state index >= 15 is 0 Å². The molecule has 1 unspecified atom stereocenters. The van der Waals surface area contributed by atoms with Crippen LogP contribution in [0.5, 0.6) is 5.75 Å². The number of hydrogen-bond acceptors (Lipinski definition) is 2. The van der Waals surface area contributed by atoms with Crippen LogP contribution in [0.1, 0.15) is 51.3 Å². The maximum atomic E-state index is 5.90. The Labute approximate surface area is 112 Å². The molecule has 0 radical (unpaired) electrons. The highest BCUT2D eigenvalue weighted by Gasteiger charge is 2.21. The summed E-state index contributed by atoms with van der Waals surface area (Å²) >= 11 is 0. The van der Waals surface area contributed by atoms with Crippen molar-refractivity contribution in [3.63, 3.8) is 0 Å². The highest BCUT2D eigenvalue weighted by Crippen LogP contribution is 2.35. The molecule has 1 aromatic carbocycles. The summed E-state index contributed by atoms with van der Waals surface area (Å²) in [6.07, 6.45) is 0.913. The van der Waals surface area contributed by atoms with Crippen molar-refractivity contribution < 1.29 is 4.74 Å². The van der Waals surface area contributed by atoms with Crippen molar-refractivity contribution in [1.82, 2.24) is 0 Å². The summed E-state index contributed by atoms with van der Waals surface area (Å²) in [5, 5.41) is 0. The Morgan fingerprint density at radius 1 is 1.28 bits per heavy atom. The molecule has 0 saturated heterocycles. The van der Waals surface area contributed by atoms with Crippen LogP contribution in [0.25, 0.3) is 0 Å². The molecule has 2 nitrogen and oxygen atoms in total. The molecule has 18 heavy (non-hydrogen) atoms.